The van der Waals surface area contributed by atoms with Gasteiger partial charge in [-0.05, 0) is 273 Å². The molecule has 0 bridgehead atoms. The van der Waals surface area contributed by atoms with Crippen LogP contribution in [0, 0.1) is 56.8 Å². The van der Waals surface area contributed by atoms with Crippen molar-refractivity contribution in [2.24, 2.45) is 0 Å². The fourth-order valence-corrected chi connectivity index (χ4v) is 20.6. The summed E-state index contributed by atoms with van der Waals surface area (Å²) in [5, 5.41) is 27.6. The van der Waals surface area contributed by atoms with Crippen LogP contribution in [0.25, 0.3) is 57.7 Å². The number of rotatable bonds is 25. The number of carbonyl (C=O) groups excluding carboxylic acids is 11. The van der Waals surface area contributed by atoms with Crippen molar-refractivity contribution in [2.45, 2.75) is 131 Å². The maximum atomic E-state index is 14.8. The number of aromatic nitrogens is 4. The van der Waals surface area contributed by atoms with E-state index in [-0.39, 0.29) is 88.3 Å². The van der Waals surface area contributed by atoms with Crippen molar-refractivity contribution in [3.63, 3.8) is 0 Å². The molecule has 11 amide bonds. The molecule has 10 aliphatic rings. The lowest BCUT2D eigenvalue weighted by atomic mass is 9.93. The van der Waals surface area contributed by atoms with Gasteiger partial charge < -0.3 is 111 Å². The Kier molecular flexibility index (Phi) is 33.2. The summed E-state index contributed by atoms with van der Waals surface area (Å²) in [7, 11) is 10.6. The quantitative estimate of drug-likeness (QED) is 0.0187. The SMILES string of the molecule is COCC(=O)Nc1cc2c(cc1F)/C(=C/c1[nH]c3c(c1C)C(=O)N(CCN(C)C)CCC3)C(=O)N2.COCC(=O)Nc1cc2c(cc1F)/C(=C/c1[nH]c3c(c1C)C(=O)N(CCN1CCCCC1)CCC3)C(=O)N2.Cc1c(/C=C2\C(=O)Nc3cc(NC(=O)[C@H](C)O)c(F)cc32)[nH]c2c1C(=O)N(CCN1CCCCC1)CCC2.Cc1c(/C=C2\C(=O)Nc3cccc(-c4c(F)cccc4F)c32)[nH]c2c1C(=O)N(CCN(C)C)CCC2. The van der Waals surface area contributed by atoms with Crippen molar-refractivity contribution >= 4 is 151 Å². The van der Waals surface area contributed by atoms with Crippen LogP contribution in [0.5, 0.6) is 0 Å². The first-order valence-corrected chi connectivity index (χ1v) is 50.1. The van der Waals surface area contributed by atoms with Gasteiger partial charge in [0, 0.05) is 166 Å². The van der Waals surface area contributed by atoms with Crippen LogP contribution in [0.15, 0.2) is 72.8 Å². The van der Waals surface area contributed by atoms with Gasteiger partial charge in [-0.1, -0.05) is 31.0 Å². The molecule has 147 heavy (non-hydrogen) atoms. The number of amides is 11. The number of hydrogen-bond donors (Lipinski definition) is 12. The number of H-pyrrole nitrogens is 4. The second kappa shape index (κ2) is 46.2. The summed E-state index contributed by atoms with van der Waals surface area (Å²) in [6.45, 7) is 21.5. The molecule has 12 N–H and O–H groups in total. The van der Waals surface area contributed by atoms with E-state index in [4.69, 9.17) is 9.47 Å². The lowest BCUT2D eigenvalue weighted by molar-refractivity contribution is -0.123. The number of hydrogen-bond acceptors (Lipinski definition) is 18. The summed E-state index contributed by atoms with van der Waals surface area (Å²) in [5.41, 5.74) is 16.0. The van der Waals surface area contributed by atoms with Gasteiger partial charge in [-0.15, -0.1) is 0 Å². The highest BCUT2D eigenvalue weighted by Crippen LogP contribution is 2.46. The molecule has 19 rings (SSSR count). The summed E-state index contributed by atoms with van der Waals surface area (Å²) < 4.78 is 83.2. The van der Waals surface area contributed by atoms with Crippen LogP contribution < -0.4 is 37.2 Å². The van der Waals surface area contributed by atoms with E-state index >= 15 is 0 Å². The zero-order valence-electron chi connectivity index (χ0n) is 84.7. The van der Waals surface area contributed by atoms with Crippen LogP contribution in [-0.4, -0.2) is 296 Å². The lowest BCUT2D eigenvalue weighted by Gasteiger charge is -2.29. The monoisotopic (exact) mass is 2020 g/mol. The van der Waals surface area contributed by atoms with Gasteiger partial charge in [-0.2, -0.15) is 0 Å². The summed E-state index contributed by atoms with van der Waals surface area (Å²) in [6, 6.07) is 16.5. The number of likely N-dealkylation sites (tertiary alicyclic amines) is 2. The van der Waals surface area contributed by atoms with E-state index in [1.54, 1.807) is 42.5 Å². The Morgan fingerprint density at radius 2 is 0.687 bits per heavy atom. The number of aromatic amines is 4. The van der Waals surface area contributed by atoms with Gasteiger partial charge in [0.1, 0.15) is 48.4 Å². The average Bonchev–Trinajstić information content (AvgIpc) is 1.61. The summed E-state index contributed by atoms with van der Waals surface area (Å²) in [6.07, 6.45) is 19.1. The molecule has 0 radical (unpaired) electrons. The molecule has 0 unspecified atom stereocenters. The summed E-state index contributed by atoms with van der Waals surface area (Å²) >= 11 is 0. The Bertz CT molecular complexity index is 6800. The zero-order chi connectivity index (χ0) is 105. The van der Waals surface area contributed by atoms with E-state index in [1.807, 2.05) is 85.3 Å². The highest BCUT2D eigenvalue weighted by atomic mass is 19.1. The first-order chi connectivity index (χ1) is 70.5. The van der Waals surface area contributed by atoms with Gasteiger partial charge >= 0.3 is 0 Å². The smallest absolute Gasteiger partial charge is 0.256 e. The van der Waals surface area contributed by atoms with Crippen LogP contribution in [0.2, 0.25) is 0 Å². The van der Waals surface area contributed by atoms with E-state index in [2.05, 4.69) is 67.0 Å². The number of halogens is 5. The average molecular weight is 2020 g/mol. The Balaban J connectivity index is 0.000000140. The van der Waals surface area contributed by atoms with Crippen LogP contribution in [0.3, 0.4) is 0 Å². The minimum absolute atomic E-state index is 0.00808. The molecular formula is C109H126F5N19O14. The van der Waals surface area contributed by atoms with Crippen molar-refractivity contribution in [3.05, 3.63) is 214 Å². The largest absolute Gasteiger partial charge is 0.384 e. The Morgan fingerprint density at radius 1 is 0.374 bits per heavy atom. The van der Waals surface area contributed by atoms with E-state index in [9.17, 15) is 79.8 Å². The molecule has 0 aliphatic carbocycles. The number of anilines is 7. The number of carbonyl (C=O) groups is 11. The van der Waals surface area contributed by atoms with E-state index in [0.29, 0.717) is 153 Å². The number of ether oxygens (including phenoxy) is 2. The van der Waals surface area contributed by atoms with Gasteiger partial charge in [0.2, 0.25) is 11.8 Å². The first-order valence-electron chi connectivity index (χ1n) is 50.1. The molecule has 4 aromatic heterocycles. The Morgan fingerprint density at radius 3 is 1.02 bits per heavy atom. The van der Waals surface area contributed by atoms with E-state index in [0.717, 1.165) is 155 Å². The third-order valence-electron chi connectivity index (χ3n) is 28.4. The van der Waals surface area contributed by atoms with Crippen LogP contribution in [0.4, 0.5) is 61.8 Å². The normalized spacial score (nSPS) is 17.9. The number of benzene rings is 5. The maximum Gasteiger partial charge on any atom is 0.256 e. The predicted molar refractivity (Wildman–Crippen MR) is 555 cm³/mol. The summed E-state index contributed by atoms with van der Waals surface area (Å²) in [4.78, 5) is 171. The minimum atomic E-state index is -1.30. The minimum Gasteiger partial charge on any atom is -0.384 e. The molecule has 0 saturated carbocycles. The fraction of sp³-hybridized carbons (Fsp3) is 0.404. The number of nitrogens with one attached hydrogen (secondary N) is 11. The summed E-state index contributed by atoms with van der Waals surface area (Å²) in [5.74, 6) is -6.73. The molecule has 1 atom stereocenters. The molecule has 14 heterocycles. The van der Waals surface area contributed by atoms with Gasteiger partial charge in [0.05, 0.1) is 84.2 Å². The van der Waals surface area contributed by atoms with Gasteiger partial charge in [0.25, 0.3) is 53.2 Å². The molecule has 33 nitrogen and oxygen atoms in total. The highest BCUT2D eigenvalue weighted by molar-refractivity contribution is 6.38. The third kappa shape index (κ3) is 23.4. The topological polar surface area (TPSA) is 400 Å². The second-order valence-electron chi connectivity index (χ2n) is 39.2. The Hall–Kier alpha value is -14.3. The second-order valence-corrected chi connectivity index (χ2v) is 39.2. The van der Waals surface area contributed by atoms with Gasteiger partial charge in [-0.3, -0.25) is 52.7 Å². The van der Waals surface area contributed by atoms with Gasteiger partial charge in [0.15, 0.2) is 0 Å². The van der Waals surface area contributed by atoms with Crippen molar-refractivity contribution in [1.29, 1.82) is 0 Å². The number of methoxy groups -OCH3 is 2. The van der Waals surface area contributed by atoms with E-state index in [1.165, 1.54) is 114 Å². The van der Waals surface area contributed by atoms with Crippen LogP contribution in [-0.2, 0) is 68.7 Å². The molecule has 2 fully saturated rings. The van der Waals surface area contributed by atoms with Crippen molar-refractivity contribution in [3.8, 4) is 11.1 Å². The number of likely N-dealkylation sites (N-methyl/N-ethyl adjacent to an activating group) is 2. The number of aliphatic hydroxyl groups is 1. The molecule has 2 saturated heterocycles. The number of fused-ring (bicyclic) bond motifs is 8. The molecule has 10 aliphatic heterocycles. The fourth-order valence-electron chi connectivity index (χ4n) is 20.6. The number of aliphatic hydroxyl groups excluding tert-OH is 1. The zero-order valence-corrected chi connectivity index (χ0v) is 84.7. The first kappa shape index (κ1) is 106. The molecule has 0 spiro atoms. The van der Waals surface area contributed by atoms with Crippen molar-refractivity contribution < 1.29 is 89.3 Å². The van der Waals surface area contributed by atoms with Crippen LogP contribution >= 0.6 is 0 Å². The number of nitrogens with zero attached hydrogens (tertiary/aromatic N) is 8. The molecular weight excluding hydrogens is 1890 g/mol. The molecule has 38 heteroatoms. The highest BCUT2D eigenvalue weighted by Gasteiger charge is 2.39. The van der Waals surface area contributed by atoms with E-state index < -0.39 is 58.8 Å². The Labute approximate surface area is 848 Å². The molecule has 9 aromatic rings. The number of aryl methyl sites for hydroxylation is 4. The standard InChI is InChI=1S/C28H28F2N4O2.2C28H34FN5O4.C25H30FN5O4/c1-16-23(31-21-11-6-12-34(14-13-33(2)3)28(36)24(16)21)15-18-25-17(7-4-10-22(25)32-27(18)35)26-19(29)8-5-9-20(26)30;1-17-22(14-19-18-13-20(29)24(31-25(35)16-38-2)15-23(18)32-27(19)36)30-21-7-6-10-34(28(37)26(17)21)12-11-33-8-4-3-5-9-33;1-16-22(14-19-18-13-20(29)24(32-26(36)17(2)35)15-23(18)31-27(19)37)30-21-7-6-10-34(28(38)25(16)21)12-11-33-8-4-3-5-9-33;1-14-19(27-18-6-5-7-31(9-8-30(2)3)25(34)23(14)18)11-16-15-10-17(26)21(28-22(32)13-35-4)12-20(15)29-24(16)33/h4-5,7-10,15,31H,6,11-14H2,1-3H3,(H,32,35);13-15,30H,3-12,16H2,1-2H3,(H,31,35)(H,32,36);13-15,17,30,35H,3-12H2,1-2H3,(H,31,37)(H,32,36);10-12,27H,5-9,13H2,1-4H3,(H,28,32)(H,29,33)/b18-15-;2*19-14-;16-11-/t;;17-;/m..0./s1. The third-order valence-corrected chi connectivity index (χ3v) is 28.4. The maximum absolute atomic E-state index is 14.8. The molecule has 776 valence electrons. The van der Waals surface area contributed by atoms with Crippen molar-refractivity contribution in [2.75, 3.05) is 198 Å². The van der Waals surface area contributed by atoms with Crippen LogP contribution in [0.1, 0.15) is 203 Å². The molecule has 5 aromatic carbocycles. The van der Waals surface area contributed by atoms with Crippen molar-refractivity contribution in [1.82, 2.24) is 59.1 Å². The number of piperidine rings is 2. The lowest BCUT2D eigenvalue weighted by Crippen LogP contribution is -2.40. The van der Waals surface area contributed by atoms with Gasteiger partial charge in [-0.25, -0.2) is 22.0 Å². The predicted octanol–water partition coefficient (Wildman–Crippen LogP) is 13.8.